The minimum Gasteiger partial charge on any atom is -0.391 e. The Labute approximate surface area is 272 Å². The van der Waals surface area contributed by atoms with Gasteiger partial charge in [-0.05, 0) is 42.4 Å². The maximum absolute atomic E-state index is 14.0. The van der Waals surface area contributed by atoms with E-state index in [4.69, 9.17) is 5.26 Å². The minimum atomic E-state index is -0.951. The molecule has 2 amide bonds. The summed E-state index contributed by atoms with van der Waals surface area (Å²) in [5.74, 6) is 0.0453. The van der Waals surface area contributed by atoms with E-state index in [1.165, 1.54) is 24.5 Å². The predicted molar refractivity (Wildman–Crippen MR) is 180 cm³/mol. The molecule has 1 aliphatic rings. The number of H-pyrrole nitrogens is 1. The van der Waals surface area contributed by atoms with Gasteiger partial charge in [-0.15, -0.1) is 11.6 Å². The predicted octanol–water partition coefficient (Wildman–Crippen LogP) is 4.50. The lowest BCUT2D eigenvalue weighted by atomic mass is 9.81. The molecular formula is C34H49N7O3S. The molecule has 1 aromatic heterocycles. The van der Waals surface area contributed by atoms with Gasteiger partial charge in [-0.25, -0.2) is 4.98 Å². The number of hydrogen-bond donors (Lipinski definition) is 5. The molecule has 1 heterocycles. The number of aliphatic hydroxyl groups is 1. The van der Waals surface area contributed by atoms with Crippen molar-refractivity contribution in [2.75, 3.05) is 6.26 Å². The van der Waals surface area contributed by atoms with Crippen LogP contribution in [-0.4, -0.2) is 62.5 Å². The summed E-state index contributed by atoms with van der Waals surface area (Å²) >= 11 is 1.22. The van der Waals surface area contributed by atoms with Gasteiger partial charge < -0.3 is 26.0 Å². The average molecular weight is 636 g/mol. The Morgan fingerprint density at radius 1 is 1.13 bits per heavy atom. The lowest BCUT2D eigenvalue weighted by molar-refractivity contribution is -0.130. The first kappa shape index (κ1) is 35.9. The van der Waals surface area contributed by atoms with Crippen LogP contribution in [0, 0.1) is 29.2 Å². The van der Waals surface area contributed by atoms with Crippen LogP contribution in [0.5, 0.6) is 0 Å². The summed E-state index contributed by atoms with van der Waals surface area (Å²) in [6, 6.07) is 7.30. The second kappa shape index (κ2) is 19.0. The molecule has 0 aliphatic heterocycles. The number of imidazole rings is 1. The molecule has 11 heteroatoms. The number of amides is 2. The molecule has 0 radical (unpaired) electrons. The van der Waals surface area contributed by atoms with Gasteiger partial charge in [0.05, 0.1) is 24.2 Å². The fraction of sp³-hybridized carbons (Fsp3) is 0.559. The Morgan fingerprint density at radius 2 is 1.82 bits per heavy atom. The molecule has 1 saturated carbocycles. The van der Waals surface area contributed by atoms with Crippen LogP contribution in [0.15, 0.2) is 60.5 Å². The second-order valence-corrected chi connectivity index (χ2v) is 13.0. The van der Waals surface area contributed by atoms with E-state index in [-0.39, 0.29) is 18.2 Å². The third-order valence-electron chi connectivity index (χ3n) is 8.62. The lowest BCUT2D eigenvalue weighted by Gasteiger charge is -2.33. The molecule has 0 unspecified atom stereocenters. The van der Waals surface area contributed by atoms with Gasteiger partial charge >= 0.3 is 0 Å². The van der Waals surface area contributed by atoms with Crippen LogP contribution in [-0.2, 0) is 22.4 Å². The normalized spacial score (nSPS) is 17.4. The number of rotatable bonds is 16. The first-order valence-electron chi connectivity index (χ1n) is 15.9. The molecule has 3 rings (SSSR count). The maximum Gasteiger partial charge on any atom is 0.243 e. The monoisotopic (exact) mass is 635 g/mol. The molecule has 0 bridgehead atoms. The number of nitrogens with zero attached hydrogens (tertiary/aromatic N) is 3. The highest BCUT2D eigenvalue weighted by Crippen LogP contribution is 2.30. The van der Waals surface area contributed by atoms with Gasteiger partial charge in [0.1, 0.15) is 12.1 Å². The second-order valence-electron chi connectivity index (χ2n) is 12.2. The molecule has 1 aromatic carbocycles. The lowest BCUT2D eigenvalue weighted by Crippen LogP contribution is -2.57. The Balaban J connectivity index is 1.85. The third kappa shape index (κ3) is 12.0. The highest BCUT2D eigenvalue weighted by molar-refractivity contribution is 8.13. The van der Waals surface area contributed by atoms with Gasteiger partial charge in [0, 0.05) is 19.0 Å². The molecule has 0 saturated heterocycles. The van der Waals surface area contributed by atoms with E-state index in [1.807, 2.05) is 36.4 Å². The molecule has 2 aromatic rings. The molecular weight excluding hydrogens is 586 g/mol. The first-order valence-corrected chi connectivity index (χ1v) is 17.2. The number of aliphatic hydroxyl groups excluding tert-OH is 1. The summed E-state index contributed by atoms with van der Waals surface area (Å²) < 4.78 is 0. The van der Waals surface area contributed by atoms with E-state index in [2.05, 4.69) is 51.3 Å². The number of aromatic nitrogens is 2. The average Bonchev–Trinajstić information content (AvgIpc) is 3.56. The Bertz CT molecular complexity index is 1260. The van der Waals surface area contributed by atoms with Crippen molar-refractivity contribution in [2.45, 2.75) is 95.9 Å². The van der Waals surface area contributed by atoms with Crippen LogP contribution in [0.3, 0.4) is 0 Å². The van der Waals surface area contributed by atoms with Crippen molar-refractivity contribution in [1.29, 1.82) is 5.26 Å². The number of amidine groups is 1. The van der Waals surface area contributed by atoms with E-state index in [0.29, 0.717) is 42.0 Å². The van der Waals surface area contributed by atoms with Crippen LogP contribution in [0.2, 0.25) is 0 Å². The summed E-state index contributed by atoms with van der Waals surface area (Å²) in [4.78, 5) is 38.9. The Morgan fingerprint density at radius 3 is 2.42 bits per heavy atom. The Hall–Kier alpha value is -3.62. The molecule has 0 spiro atoms. The van der Waals surface area contributed by atoms with Crippen LogP contribution in [0.25, 0.3) is 0 Å². The molecule has 10 nitrogen and oxygen atoms in total. The fourth-order valence-electron chi connectivity index (χ4n) is 5.94. The van der Waals surface area contributed by atoms with E-state index < -0.39 is 30.1 Å². The van der Waals surface area contributed by atoms with Crippen LogP contribution in [0.4, 0.5) is 0 Å². The number of aliphatic imine (C=N–C) groups is 1. The minimum absolute atomic E-state index is 0.107. The maximum atomic E-state index is 14.0. The van der Waals surface area contributed by atoms with Gasteiger partial charge in [-0.3, -0.25) is 9.59 Å². The van der Waals surface area contributed by atoms with Gasteiger partial charge in [0.2, 0.25) is 18.0 Å². The summed E-state index contributed by atoms with van der Waals surface area (Å²) in [6.45, 7) is 8.18. The number of nitriles is 1. The van der Waals surface area contributed by atoms with Crippen molar-refractivity contribution in [2.24, 2.45) is 22.7 Å². The standard InChI is InChI=1S/C34H49N7O3S/c1-5-26(23(2)3)18-31(42)28(16-24-12-8-6-9-13-24)39-33(44)30(19-27-20-36-22-38-27)40-32(43)29(41-34(45-4)37-21-35)17-25-14-10-7-11-15-25/h5,7,10-11,14-15,20,22-24,26,28-31,42H,1,6,8-9,12-13,16-19H2,2-4H3,(H,36,38)(H,37,41)(H,39,44)(H,40,43)/t26-,28-,29-,30-,31-/m0/s1. The number of thioether (sulfide) groups is 1. The highest BCUT2D eigenvalue weighted by Gasteiger charge is 2.32. The topological polar surface area (TPSA) is 155 Å². The van der Waals surface area contributed by atoms with Crippen LogP contribution >= 0.6 is 11.8 Å². The summed E-state index contributed by atoms with van der Waals surface area (Å²) in [5.41, 5.74) is 1.53. The van der Waals surface area contributed by atoms with Crippen molar-refractivity contribution >= 4 is 28.7 Å². The number of hydrogen-bond acceptors (Lipinski definition) is 7. The number of allylic oxidation sites excluding steroid dienone is 1. The number of aromatic amines is 1. The Kier molecular flexibility index (Phi) is 15.2. The highest BCUT2D eigenvalue weighted by atomic mass is 32.2. The largest absolute Gasteiger partial charge is 0.391 e. The van der Waals surface area contributed by atoms with Crippen molar-refractivity contribution in [3.8, 4) is 6.19 Å². The van der Waals surface area contributed by atoms with E-state index in [1.54, 1.807) is 18.6 Å². The van der Waals surface area contributed by atoms with Gasteiger partial charge in [-0.1, -0.05) is 94.1 Å². The smallest absolute Gasteiger partial charge is 0.243 e. The molecule has 5 N–H and O–H groups in total. The summed E-state index contributed by atoms with van der Waals surface area (Å²) in [7, 11) is 0. The number of benzene rings is 1. The van der Waals surface area contributed by atoms with E-state index in [0.717, 1.165) is 31.2 Å². The molecule has 5 atom stereocenters. The van der Waals surface area contributed by atoms with E-state index >= 15 is 0 Å². The SMILES string of the molecule is C=C[C@@H](C[C@H](O)[C@H](CC1CCCCC1)NC(=O)[C@H](Cc1c[nH]cn1)NC(=O)[C@H](Cc1ccccc1)N/C(=N/C#N)SC)C(C)C. The zero-order valence-corrected chi connectivity index (χ0v) is 27.6. The van der Waals surface area contributed by atoms with Crippen molar-refractivity contribution in [3.63, 3.8) is 0 Å². The molecule has 45 heavy (non-hydrogen) atoms. The van der Waals surface area contributed by atoms with Crippen molar-refractivity contribution < 1.29 is 14.7 Å². The zero-order chi connectivity index (χ0) is 32.6. The van der Waals surface area contributed by atoms with Gasteiger partial charge in [0.25, 0.3) is 0 Å². The summed E-state index contributed by atoms with van der Waals surface area (Å²) in [5, 5.41) is 30.1. The van der Waals surface area contributed by atoms with Crippen LogP contribution in [0.1, 0.15) is 70.1 Å². The molecule has 1 fully saturated rings. The summed E-state index contributed by atoms with van der Waals surface area (Å²) in [6.07, 6.45) is 15.2. The number of carbonyl (C=O) groups is 2. The molecule has 244 valence electrons. The van der Waals surface area contributed by atoms with Gasteiger partial charge in [-0.2, -0.15) is 5.26 Å². The number of nitrogens with one attached hydrogen (secondary N) is 4. The third-order valence-corrected chi connectivity index (χ3v) is 9.22. The number of carbonyl (C=O) groups excluding carboxylic acids is 2. The quantitative estimate of drug-likeness (QED) is 0.0787. The molecule has 1 aliphatic carbocycles. The van der Waals surface area contributed by atoms with Crippen molar-refractivity contribution in [1.82, 2.24) is 25.9 Å². The fourth-order valence-corrected chi connectivity index (χ4v) is 6.34. The van der Waals surface area contributed by atoms with E-state index in [9.17, 15) is 14.7 Å². The zero-order valence-electron chi connectivity index (χ0n) is 26.7. The van der Waals surface area contributed by atoms with Crippen molar-refractivity contribution in [3.05, 3.63) is 66.8 Å². The van der Waals surface area contributed by atoms with Crippen LogP contribution < -0.4 is 16.0 Å². The first-order chi connectivity index (χ1) is 21.7. The van der Waals surface area contributed by atoms with Gasteiger partial charge in [0.15, 0.2) is 5.17 Å².